The normalized spacial score (nSPS) is 20.6. The van der Waals surface area contributed by atoms with E-state index in [9.17, 15) is 13.2 Å². The number of benzene rings is 1. The molecule has 1 aromatic rings. The summed E-state index contributed by atoms with van der Waals surface area (Å²) in [6.45, 7) is 0.831. The van der Waals surface area contributed by atoms with Gasteiger partial charge in [-0.25, -0.2) is 0 Å². The van der Waals surface area contributed by atoms with E-state index in [0.717, 1.165) is 37.1 Å². The van der Waals surface area contributed by atoms with Crippen molar-refractivity contribution in [1.29, 1.82) is 0 Å². The topological polar surface area (TPSA) is 21.3 Å². The lowest BCUT2D eigenvalue weighted by atomic mass is 9.66. The van der Waals surface area contributed by atoms with Crippen molar-refractivity contribution < 1.29 is 17.9 Å². The Hall–Kier alpha value is -1.39. The van der Waals surface area contributed by atoms with Gasteiger partial charge in [0, 0.05) is 17.6 Å². The van der Waals surface area contributed by atoms with E-state index in [2.05, 4.69) is 10.1 Å². The molecule has 92 valence electrons. The summed E-state index contributed by atoms with van der Waals surface area (Å²) >= 11 is 0. The van der Waals surface area contributed by atoms with Crippen LogP contribution in [0, 0.1) is 0 Å². The van der Waals surface area contributed by atoms with Crippen molar-refractivity contribution in [2.75, 3.05) is 11.9 Å². The standard InChI is InChI=1S/C12H12F3NO/c13-12(14,15)17-8-2-3-10-9(6-8)11(7-16-10)4-1-5-11/h2-3,6,16H,1,4-5,7H2. The van der Waals surface area contributed by atoms with Gasteiger partial charge in [0.2, 0.25) is 0 Å². The van der Waals surface area contributed by atoms with Gasteiger partial charge in [0.25, 0.3) is 0 Å². The molecule has 1 aromatic carbocycles. The van der Waals surface area contributed by atoms with E-state index in [0.29, 0.717) is 0 Å². The van der Waals surface area contributed by atoms with E-state index >= 15 is 0 Å². The molecule has 1 spiro atoms. The molecule has 5 heteroatoms. The number of rotatable bonds is 1. The first-order valence-corrected chi connectivity index (χ1v) is 5.63. The average molecular weight is 243 g/mol. The molecule has 2 aliphatic rings. The SMILES string of the molecule is FC(F)(F)Oc1ccc2c(c1)C1(CCC1)CN2. The molecule has 0 bridgehead atoms. The molecule has 1 saturated carbocycles. The van der Waals surface area contributed by atoms with Gasteiger partial charge >= 0.3 is 6.36 Å². The molecule has 1 N–H and O–H groups in total. The molecular formula is C12H12F3NO. The van der Waals surface area contributed by atoms with Crippen LogP contribution in [0.4, 0.5) is 18.9 Å². The highest BCUT2D eigenvalue weighted by Gasteiger charge is 2.44. The molecule has 1 aliphatic heterocycles. The molecule has 1 heterocycles. The maximum atomic E-state index is 12.1. The molecule has 17 heavy (non-hydrogen) atoms. The van der Waals surface area contributed by atoms with Crippen molar-refractivity contribution >= 4 is 5.69 Å². The van der Waals surface area contributed by atoms with Crippen LogP contribution >= 0.6 is 0 Å². The Morgan fingerprint density at radius 2 is 2.00 bits per heavy atom. The lowest BCUT2D eigenvalue weighted by Gasteiger charge is -2.38. The molecule has 0 amide bonds. The fraction of sp³-hybridized carbons (Fsp3) is 0.500. The summed E-state index contributed by atoms with van der Waals surface area (Å²) in [6.07, 6.45) is -1.39. The highest BCUT2D eigenvalue weighted by Crippen LogP contribution is 2.51. The fourth-order valence-corrected chi connectivity index (χ4v) is 2.72. The third kappa shape index (κ3) is 1.73. The zero-order chi connectivity index (χ0) is 12.1. The summed E-state index contributed by atoms with van der Waals surface area (Å²) in [5.74, 6) is -0.119. The van der Waals surface area contributed by atoms with Crippen LogP contribution in [0.15, 0.2) is 18.2 Å². The second kappa shape index (κ2) is 3.31. The van der Waals surface area contributed by atoms with Gasteiger partial charge in [-0.15, -0.1) is 13.2 Å². The molecule has 0 unspecified atom stereocenters. The quantitative estimate of drug-likeness (QED) is 0.815. The summed E-state index contributed by atoms with van der Waals surface area (Å²) < 4.78 is 40.4. The van der Waals surface area contributed by atoms with Crippen LogP contribution in [0.2, 0.25) is 0 Å². The van der Waals surface area contributed by atoms with Crippen LogP contribution in [-0.2, 0) is 5.41 Å². The van der Waals surface area contributed by atoms with Crippen LogP contribution < -0.4 is 10.1 Å². The van der Waals surface area contributed by atoms with Gasteiger partial charge in [0.15, 0.2) is 0 Å². The summed E-state index contributed by atoms with van der Waals surface area (Å²) in [4.78, 5) is 0. The van der Waals surface area contributed by atoms with Crippen LogP contribution in [0.3, 0.4) is 0 Å². The maximum Gasteiger partial charge on any atom is 0.573 e. The van der Waals surface area contributed by atoms with E-state index < -0.39 is 6.36 Å². The first kappa shape index (κ1) is 10.7. The monoisotopic (exact) mass is 243 g/mol. The molecule has 0 atom stereocenters. The van der Waals surface area contributed by atoms with Gasteiger partial charge in [-0.05, 0) is 36.6 Å². The fourth-order valence-electron chi connectivity index (χ4n) is 2.72. The number of hydrogen-bond acceptors (Lipinski definition) is 2. The highest BCUT2D eigenvalue weighted by molar-refractivity contribution is 5.63. The highest BCUT2D eigenvalue weighted by atomic mass is 19.4. The van der Waals surface area contributed by atoms with E-state index in [-0.39, 0.29) is 11.2 Å². The molecule has 3 rings (SSSR count). The van der Waals surface area contributed by atoms with Crippen LogP contribution in [-0.4, -0.2) is 12.9 Å². The Balaban J connectivity index is 1.93. The zero-order valence-corrected chi connectivity index (χ0v) is 9.10. The van der Waals surface area contributed by atoms with Crippen molar-refractivity contribution in [3.05, 3.63) is 23.8 Å². The van der Waals surface area contributed by atoms with E-state index in [1.165, 1.54) is 12.1 Å². The molecule has 2 nitrogen and oxygen atoms in total. The van der Waals surface area contributed by atoms with Crippen LogP contribution in [0.1, 0.15) is 24.8 Å². The minimum absolute atomic E-state index is 0.0559. The predicted molar refractivity (Wildman–Crippen MR) is 57.1 cm³/mol. The van der Waals surface area contributed by atoms with E-state index in [1.54, 1.807) is 6.07 Å². The van der Waals surface area contributed by atoms with Crippen molar-refractivity contribution in [3.63, 3.8) is 0 Å². The maximum absolute atomic E-state index is 12.1. The minimum atomic E-state index is -4.62. The Kier molecular flexibility index (Phi) is 2.09. The van der Waals surface area contributed by atoms with Gasteiger partial charge in [0.1, 0.15) is 5.75 Å². The summed E-state index contributed by atoms with van der Waals surface area (Å²) in [5.41, 5.74) is 1.98. The number of halogens is 3. The number of hydrogen-bond donors (Lipinski definition) is 1. The second-order valence-corrected chi connectivity index (χ2v) is 4.74. The molecule has 0 saturated heterocycles. The largest absolute Gasteiger partial charge is 0.573 e. The summed E-state index contributed by atoms with van der Waals surface area (Å²) in [7, 11) is 0. The third-order valence-corrected chi connectivity index (χ3v) is 3.72. The Morgan fingerprint density at radius 3 is 2.59 bits per heavy atom. The Labute approximate surface area is 96.8 Å². The minimum Gasteiger partial charge on any atom is -0.406 e. The third-order valence-electron chi connectivity index (χ3n) is 3.72. The van der Waals surface area contributed by atoms with Gasteiger partial charge < -0.3 is 10.1 Å². The number of fused-ring (bicyclic) bond motifs is 2. The van der Waals surface area contributed by atoms with Gasteiger partial charge in [-0.1, -0.05) is 6.42 Å². The number of anilines is 1. The number of alkyl halides is 3. The van der Waals surface area contributed by atoms with Crippen molar-refractivity contribution in [1.82, 2.24) is 0 Å². The van der Waals surface area contributed by atoms with Crippen LogP contribution in [0.25, 0.3) is 0 Å². The van der Waals surface area contributed by atoms with Gasteiger partial charge in [0.05, 0.1) is 0 Å². The summed E-state index contributed by atoms with van der Waals surface area (Å²) in [5, 5.41) is 3.25. The first-order valence-electron chi connectivity index (χ1n) is 5.63. The average Bonchev–Trinajstić information content (AvgIpc) is 2.53. The lowest BCUT2D eigenvalue weighted by molar-refractivity contribution is -0.274. The number of nitrogens with one attached hydrogen (secondary N) is 1. The predicted octanol–water partition coefficient (Wildman–Crippen LogP) is 3.43. The molecule has 1 aliphatic carbocycles. The van der Waals surface area contributed by atoms with Gasteiger partial charge in [-0.2, -0.15) is 0 Å². The van der Waals surface area contributed by atoms with Crippen molar-refractivity contribution in [2.24, 2.45) is 0 Å². The first-order chi connectivity index (χ1) is 7.99. The second-order valence-electron chi connectivity index (χ2n) is 4.74. The Bertz CT molecular complexity index is 452. The molecule has 0 aromatic heterocycles. The molecular weight excluding hydrogens is 231 g/mol. The van der Waals surface area contributed by atoms with Crippen molar-refractivity contribution in [3.8, 4) is 5.75 Å². The van der Waals surface area contributed by atoms with E-state index in [4.69, 9.17) is 0 Å². The Morgan fingerprint density at radius 1 is 1.24 bits per heavy atom. The van der Waals surface area contributed by atoms with Crippen LogP contribution in [0.5, 0.6) is 5.75 Å². The zero-order valence-electron chi connectivity index (χ0n) is 9.10. The van der Waals surface area contributed by atoms with Gasteiger partial charge in [-0.3, -0.25) is 0 Å². The smallest absolute Gasteiger partial charge is 0.406 e. The number of ether oxygens (including phenoxy) is 1. The van der Waals surface area contributed by atoms with Crippen molar-refractivity contribution in [2.45, 2.75) is 31.0 Å². The summed E-state index contributed by atoms with van der Waals surface area (Å²) in [6, 6.07) is 4.56. The molecule has 1 fully saturated rings. The van der Waals surface area contributed by atoms with E-state index in [1.807, 2.05) is 0 Å². The lowest BCUT2D eigenvalue weighted by Crippen LogP contribution is -2.35. The molecule has 0 radical (unpaired) electrons.